The van der Waals surface area contributed by atoms with Gasteiger partial charge in [-0.1, -0.05) is 346 Å². The Hall–Kier alpha value is -0.780. The zero-order valence-corrected chi connectivity index (χ0v) is 42.1. The van der Waals surface area contributed by atoms with Crippen molar-refractivity contribution in [3.05, 3.63) is 35.4 Å². The highest BCUT2D eigenvalue weighted by Gasteiger charge is 2.03. The highest BCUT2D eigenvalue weighted by Crippen LogP contribution is 2.20. The van der Waals surface area contributed by atoms with Gasteiger partial charge in [0.1, 0.15) is 0 Å². The summed E-state index contributed by atoms with van der Waals surface area (Å²) in [5.74, 6) is 0. The van der Waals surface area contributed by atoms with E-state index in [1.807, 2.05) is 0 Å². The molecule has 0 radical (unpaired) electrons. The molecule has 0 fully saturated rings. The first-order valence-electron chi connectivity index (χ1n) is 28.9. The number of rotatable bonds is 52. The molecular formula is C60H114. The van der Waals surface area contributed by atoms with Gasteiger partial charge >= 0.3 is 0 Å². The SMILES string of the molecule is CCCCCCCCCCCCCCCCCCCCCCCCCCCc1ccccc1CCCCCCCCCCCCCCCCCCCCCCCCCCC. The summed E-state index contributed by atoms with van der Waals surface area (Å²) in [6, 6.07) is 9.40. The van der Waals surface area contributed by atoms with Gasteiger partial charge in [0.05, 0.1) is 0 Å². The van der Waals surface area contributed by atoms with Crippen molar-refractivity contribution in [2.45, 2.75) is 348 Å². The lowest BCUT2D eigenvalue weighted by molar-refractivity contribution is 0.516. The Morgan fingerprint density at radius 3 is 0.467 bits per heavy atom. The predicted octanol–water partition coefficient (Wildman–Crippen LogP) is 22.3. The molecule has 0 aliphatic carbocycles. The highest BCUT2D eigenvalue weighted by molar-refractivity contribution is 5.27. The standard InChI is InChI=1S/C60H114/c1-3-5-7-9-11-13-15-17-19-21-23-25-27-29-31-33-35-37-39-41-43-45-47-49-51-55-59-57-53-54-58-60(59)56-52-50-48-46-44-42-40-38-36-34-32-30-28-26-24-22-20-18-16-14-12-10-8-6-4-2/h53-54,57-58H,3-52,55-56H2,1-2H3. The maximum absolute atomic E-state index is 2.43. The fraction of sp³-hybridized carbons (Fsp3) is 0.900. The molecule has 0 aliphatic heterocycles. The second kappa shape index (κ2) is 50.9. The molecule has 0 aliphatic rings. The van der Waals surface area contributed by atoms with Crippen molar-refractivity contribution >= 4 is 0 Å². The monoisotopic (exact) mass is 835 g/mol. The topological polar surface area (TPSA) is 0 Å². The molecular weight excluding hydrogens is 721 g/mol. The number of hydrogen-bond donors (Lipinski definition) is 0. The summed E-state index contributed by atoms with van der Waals surface area (Å²) in [4.78, 5) is 0. The number of hydrogen-bond acceptors (Lipinski definition) is 0. The van der Waals surface area contributed by atoms with E-state index in [9.17, 15) is 0 Å². The average molecular weight is 836 g/mol. The van der Waals surface area contributed by atoms with Crippen molar-refractivity contribution in [2.75, 3.05) is 0 Å². The molecule has 1 aromatic rings. The van der Waals surface area contributed by atoms with Crippen LogP contribution >= 0.6 is 0 Å². The third-order valence-electron chi connectivity index (χ3n) is 14.2. The number of benzene rings is 1. The second-order valence-electron chi connectivity index (χ2n) is 20.2. The summed E-state index contributed by atoms with van der Waals surface area (Å²) in [7, 11) is 0. The van der Waals surface area contributed by atoms with Gasteiger partial charge in [-0.15, -0.1) is 0 Å². The maximum atomic E-state index is 2.43. The van der Waals surface area contributed by atoms with Crippen LogP contribution in [0.3, 0.4) is 0 Å². The molecule has 1 aromatic carbocycles. The van der Waals surface area contributed by atoms with Crippen LogP contribution in [0.15, 0.2) is 24.3 Å². The minimum absolute atomic E-state index is 1.30. The zero-order valence-electron chi connectivity index (χ0n) is 42.1. The van der Waals surface area contributed by atoms with E-state index in [0.717, 1.165) is 0 Å². The summed E-state index contributed by atoms with van der Waals surface area (Å²) in [6.45, 7) is 4.63. The molecule has 0 heterocycles. The molecule has 0 bridgehead atoms. The first kappa shape index (κ1) is 57.2. The molecule has 1 rings (SSSR count). The normalized spacial score (nSPS) is 11.6. The molecule has 0 atom stereocenters. The van der Waals surface area contributed by atoms with Gasteiger partial charge in [0.15, 0.2) is 0 Å². The molecule has 0 nitrogen and oxygen atoms in total. The van der Waals surface area contributed by atoms with Gasteiger partial charge < -0.3 is 0 Å². The smallest absolute Gasteiger partial charge is 0.0276 e. The van der Waals surface area contributed by atoms with Crippen LogP contribution in [0.5, 0.6) is 0 Å². The Labute approximate surface area is 381 Å². The largest absolute Gasteiger partial charge is 0.0654 e. The van der Waals surface area contributed by atoms with Crippen molar-refractivity contribution in [3.8, 4) is 0 Å². The Bertz CT molecular complexity index is 826. The molecule has 0 spiro atoms. The van der Waals surface area contributed by atoms with Crippen molar-refractivity contribution in [2.24, 2.45) is 0 Å². The molecule has 0 unspecified atom stereocenters. The molecule has 0 heteroatoms. The Morgan fingerprint density at radius 1 is 0.183 bits per heavy atom. The van der Waals surface area contributed by atoms with E-state index in [-0.39, 0.29) is 0 Å². The third kappa shape index (κ3) is 43.9. The highest BCUT2D eigenvalue weighted by atomic mass is 14.1. The lowest BCUT2D eigenvalue weighted by atomic mass is 9.96. The van der Waals surface area contributed by atoms with E-state index in [1.165, 1.54) is 334 Å². The lowest BCUT2D eigenvalue weighted by Crippen LogP contribution is -1.95. The third-order valence-corrected chi connectivity index (χ3v) is 14.2. The molecule has 0 aromatic heterocycles. The first-order valence-corrected chi connectivity index (χ1v) is 28.9. The van der Waals surface area contributed by atoms with Gasteiger partial charge in [-0.05, 0) is 36.8 Å². The summed E-state index contributed by atoms with van der Waals surface area (Å²) < 4.78 is 0. The van der Waals surface area contributed by atoms with Crippen molar-refractivity contribution < 1.29 is 0 Å². The minimum atomic E-state index is 1.30. The number of aryl methyl sites for hydroxylation is 2. The molecule has 0 amide bonds. The first-order chi connectivity index (χ1) is 29.9. The molecule has 0 N–H and O–H groups in total. The van der Waals surface area contributed by atoms with Gasteiger partial charge in [-0.2, -0.15) is 0 Å². The number of unbranched alkanes of at least 4 members (excludes halogenated alkanes) is 48. The lowest BCUT2D eigenvalue weighted by Gasteiger charge is -2.10. The second-order valence-corrected chi connectivity index (χ2v) is 20.2. The summed E-state index contributed by atoms with van der Waals surface area (Å²) >= 11 is 0. The average Bonchev–Trinajstić information content (AvgIpc) is 3.26. The minimum Gasteiger partial charge on any atom is -0.0654 e. The van der Waals surface area contributed by atoms with Crippen molar-refractivity contribution in [3.63, 3.8) is 0 Å². The van der Waals surface area contributed by atoms with Crippen molar-refractivity contribution in [1.82, 2.24) is 0 Å². The summed E-state index contributed by atoms with van der Waals surface area (Å²) in [5, 5.41) is 0. The van der Waals surface area contributed by atoms with E-state index in [4.69, 9.17) is 0 Å². The van der Waals surface area contributed by atoms with Crippen LogP contribution in [0.2, 0.25) is 0 Å². The quantitative estimate of drug-likeness (QED) is 0.0574. The molecule has 60 heavy (non-hydrogen) atoms. The van der Waals surface area contributed by atoms with Crippen LogP contribution in [-0.4, -0.2) is 0 Å². The predicted molar refractivity (Wildman–Crippen MR) is 276 cm³/mol. The van der Waals surface area contributed by atoms with Crippen LogP contribution in [0.25, 0.3) is 0 Å². The van der Waals surface area contributed by atoms with E-state index in [0.29, 0.717) is 0 Å². The van der Waals surface area contributed by atoms with E-state index in [2.05, 4.69) is 38.1 Å². The zero-order chi connectivity index (χ0) is 42.8. The fourth-order valence-electron chi connectivity index (χ4n) is 9.95. The van der Waals surface area contributed by atoms with Gasteiger partial charge in [0.2, 0.25) is 0 Å². The Kier molecular flexibility index (Phi) is 48.5. The van der Waals surface area contributed by atoms with Gasteiger partial charge in [0, 0.05) is 0 Å². The van der Waals surface area contributed by atoms with E-state index in [1.54, 1.807) is 11.1 Å². The summed E-state index contributed by atoms with van der Waals surface area (Å²) in [6.07, 6.45) is 76.0. The van der Waals surface area contributed by atoms with Gasteiger partial charge in [-0.25, -0.2) is 0 Å². The van der Waals surface area contributed by atoms with Crippen LogP contribution in [0.1, 0.15) is 346 Å². The Morgan fingerprint density at radius 2 is 0.317 bits per heavy atom. The van der Waals surface area contributed by atoms with Crippen LogP contribution in [-0.2, 0) is 12.8 Å². The Balaban J connectivity index is 1.78. The summed E-state index contributed by atoms with van der Waals surface area (Å²) in [5.41, 5.74) is 3.30. The van der Waals surface area contributed by atoms with Gasteiger partial charge in [0.25, 0.3) is 0 Å². The van der Waals surface area contributed by atoms with Crippen molar-refractivity contribution in [1.29, 1.82) is 0 Å². The molecule has 0 saturated heterocycles. The fourth-order valence-corrected chi connectivity index (χ4v) is 9.95. The van der Waals surface area contributed by atoms with Crippen LogP contribution in [0.4, 0.5) is 0 Å². The van der Waals surface area contributed by atoms with Gasteiger partial charge in [-0.3, -0.25) is 0 Å². The van der Waals surface area contributed by atoms with E-state index >= 15 is 0 Å². The van der Waals surface area contributed by atoms with Crippen LogP contribution < -0.4 is 0 Å². The van der Waals surface area contributed by atoms with E-state index < -0.39 is 0 Å². The molecule has 354 valence electrons. The van der Waals surface area contributed by atoms with Crippen LogP contribution in [0, 0.1) is 0 Å². The maximum Gasteiger partial charge on any atom is -0.0276 e. The molecule has 0 saturated carbocycles.